The molecule has 1 spiro atoms. The lowest BCUT2D eigenvalue weighted by Gasteiger charge is -2.37. The monoisotopic (exact) mass is 322 g/mol. The van der Waals surface area contributed by atoms with Crippen LogP contribution in [0.4, 0.5) is 0 Å². The molecule has 2 aromatic rings. The Morgan fingerprint density at radius 2 is 1.83 bits per heavy atom. The second-order valence-electron chi connectivity index (χ2n) is 7.60. The molecule has 0 aliphatic carbocycles. The second kappa shape index (κ2) is 6.21. The molecule has 126 valence electrons. The summed E-state index contributed by atoms with van der Waals surface area (Å²) in [5.74, 6) is 0.498. The molecule has 24 heavy (non-hydrogen) atoms. The molecule has 2 heterocycles. The van der Waals surface area contributed by atoms with E-state index in [9.17, 15) is 0 Å². The highest BCUT2D eigenvalue weighted by atomic mass is 16.7. The largest absolute Gasteiger partial charge is 0.389 e. The number of fused-ring (bicyclic) bond motifs is 1. The maximum absolute atomic E-state index is 5.89. The Kier molecular flexibility index (Phi) is 4.05. The molecule has 0 N–H and O–H groups in total. The highest BCUT2D eigenvalue weighted by molar-refractivity contribution is 5.87. The molecule has 1 saturated heterocycles. The summed E-state index contributed by atoms with van der Waals surface area (Å²) in [7, 11) is 0. The lowest BCUT2D eigenvalue weighted by atomic mass is 9.84. The number of piperidine rings is 1. The van der Waals surface area contributed by atoms with Crippen molar-refractivity contribution in [3.8, 4) is 0 Å². The number of hydrogen-bond donors (Lipinski definition) is 0. The van der Waals surface area contributed by atoms with Crippen molar-refractivity contribution in [2.24, 2.45) is 11.1 Å². The normalized spacial score (nSPS) is 20.5. The van der Waals surface area contributed by atoms with Gasteiger partial charge in [-0.15, -0.1) is 0 Å². The number of likely N-dealkylation sites (tertiary alicyclic amines) is 1. The lowest BCUT2D eigenvalue weighted by Crippen LogP contribution is -2.44. The average molecular weight is 322 g/mol. The van der Waals surface area contributed by atoms with E-state index >= 15 is 0 Å². The van der Waals surface area contributed by atoms with Crippen LogP contribution in [-0.2, 0) is 11.4 Å². The van der Waals surface area contributed by atoms with E-state index in [1.54, 1.807) is 0 Å². The average Bonchev–Trinajstić information content (AvgIpc) is 3.02. The van der Waals surface area contributed by atoms with Crippen molar-refractivity contribution >= 4 is 16.5 Å². The molecular weight excluding hydrogens is 296 g/mol. The summed E-state index contributed by atoms with van der Waals surface area (Å²) in [6, 6.07) is 15.3. The second-order valence-corrected chi connectivity index (χ2v) is 7.60. The topological polar surface area (TPSA) is 24.8 Å². The molecule has 3 nitrogen and oxygen atoms in total. The summed E-state index contributed by atoms with van der Waals surface area (Å²) in [5, 5.41) is 7.07. The first-order chi connectivity index (χ1) is 11.7. The van der Waals surface area contributed by atoms with E-state index in [2.05, 4.69) is 66.4 Å². The van der Waals surface area contributed by atoms with Crippen molar-refractivity contribution in [2.45, 2.75) is 45.3 Å². The van der Waals surface area contributed by atoms with Gasteiger partial charge in [-0.25, -0.2) is 0 Å². The number of nitrogens with zero attached hydrogens (tertiary/aromatic N) is 2. The van der Waals surface area contributed by atoms with Crippen molar-refractivity contribution < 1.29 is 4.84 Å². The maximum atomic E-state index is 5.89. The van der Waals surface area contributed by atoms with Crippen molar-refractivity contribution in [1.29, 1.82) is 0 Å². The van der Waals surface area contributed by atoms with Gasteiger partial charge in [0.05, 0.1) is 5.71 Å². The Bertz CT molecular complexity index is 752. The predicted molar refractivity (Wildman–Crippen MR) is 99.2 cm³/mol. The van der Waals surface area contributed by atoms with Crippen LogP contribution >= 0.6 is 0 Å². The zero-order valence-electron chi connectivity index (χ0n) is 14.7. The van der Waals surface area contributed by atoms with Crippen molar-refractivity contribution in [1.82, 2.24) is 4.90 Å². The van der Waals surface area contributed by atoms with Crippen LogP contribution in [-0.4, -0.2) is 29.3 Å². The van der Waals surface area contributed by atoms with E-state index in [1.165, 1.54) is 22.0 Å². The van der Waals surface area contributed by atoms with E-state index in [0.29, 0.717) is 5.92 Å². The van der Waals surface area contributed by atoms with Gasteiger partial charge in [-0.3, -0.25) is 4.90 Å². The molecule has 3 heteroatoms. The van der Waals surface area contributed by atoms with Gasteiger partial charge >= 0.3 is 0 Å². The first-order valence-electron chi connectivity index (χ1n) is 9.09. The van der Waals surface area contributed by atoms with Gasteiger partial charge in [0.1, 0.15) is 5.60 Å². The molecule has 2 aliphatic rings. The third kappa shape index (κ3) is 2.93. The molecule has 0 saturated carbocycles. The Labute approximate surface area is 144 Å². The summed E-state index contributed by atoms with van der Waals surface area (Å²) in [6.45, 7) is 7.61. The Morgan fingerprint density at radius 1 is 1.08 bits per heavy atom. The van der Waals surface area contributed by atoms with Gasteiger partial charge in [-0.05, 0) is 22.3 Å². The van der Waals surface area contributed by atoms with Gasteiger partial charge in [-0.2, -0.15) is 0 Å². The predicted octanol–water partition coefficient (Wildman–Crippen LogP) is 4.61. The maximum Gasteiger partial charge on any atom is 0.145 e. The van der Waals surface area contributed by atoms with Crippen molar-refractivity contribution in [2.75, 3.05) is 13.1 Å². The van der Waals surface area contributed by atoms with E-state index in [1.807, 2.05) is 0 Å². The number of rotatable bonds is 3. The zero-order valence-corrected chi connectivity index (χ0v) is 14.7. The van der Waals surface area contributed by atoms with Crippen molar-refractivity contribution in [3.63, 3.8) is 0 Å². The summed E-state index contributed by atoms with van der Waals surface area (Å²) in [6.07, 6.45) is 3.18. The molecule has 1 fully saturated rings. The Balaban J connectivity index is 1.42. The minimum Gasteiger partial charge on any atom is -0.389 e. The van der Waals surface area contributed by atoms with Gasteiger partial charge < -0.3 is 4.84 Å². The van der Waals surface area contributed by atoms with Crippen LogP contribution in [0, 0.1) is 5.92 Å². The molecule has 0 amide bonds. The lowest BCUT2D eigenvalue weighted by molar-refractivity contribution is -0.0626. The van der Waals surface area contributed by atoms with Crippen LogP contribution < -0.4 is 0 Å². The molecular formula is C21H26N2O. The molecule has 2 aliphatic heterocycles. The van der Waals surface area contributed by atoms with Crippen LogP contribution in [0.2, 0.25) is 0 Å². The summed E-state index contributed by atoms with van der Waals surface area (Å²) >= 11 is 0. The molecule has 0 radical (unpaired) electrons. The van der Waals surface area contributed by atoms with Gasteiger partial charge in [-0.1, -0.05) is 61.5 Å². The number of benzene rings is 2. The minimum absolute atomic E-state index is 0.0190. The molecule has 0 atom stereocenters. The first kappa shape index (κ1) is 15.6. The minimum atomic E-state index is -0.0190. The molecule has 0 bridgehead atoms. The number of oxime groups is 1. The van der Waals surface area contributed by atoms with Gasteiger partial charge in [0.15, 0.2) is 0 Å². The van der Waals surface area contributed by atoms with Crippen LogP contribution in [0.25, 0.3) is 10.8 Å². The standard InChI is InChI=1S/C21H26N2O/c1-16(2)20-14-21(24-22-20)10-12-23(13-11-21)15-18-8-5-7-17-6-3-4-9-19(17)18/h3-9,16H,10-15H2,1-2H3. The van der Waals surface area contributed by atoms with E-state index in [0.717, 1.165) is 38.9 Å². The molecule has 0 unspecified atom stereocenters. The van der Waals surface area contributed by atoms with Crippen LogP contribution in [0.15, 0.2) is 47.6 Å². The van der Waals surface area contributed by atoms with E-state index in [-0.39, 0.29) is 5.60 Å². The fraction of sp³-hybridized carbons (Fsp3) is 0.476. The fourth-order valence-electron chi connectivity index (χ4n) is 3.92. The Hall–Kier alpha value is -1.87. The van der Waals surface area contributed by atoms with E-state index < -0.39 is 0 Å². The third-order valence-electron chi connectivity index (χ3n) is 5.57. The van der Waals surface area contributed by atoms with Gasteiger partial charge in [0.25, 0.3) is 0 Å². The summed E-state index contributed by atoms with van der Waals surface area (Å²) in [4.78, 5) is 8.44. The van der Waals surface area contributed by atoms with Crippen LogP contribution in [0.5, 0.6) is 0 Å². The fourth-order valence-corrected chi connectivity index (χ4v) is 3.92. The first-order valence-corrected chi connectivity index (χ1v) is 9.09. The SMILES string of the molecule is CC(C)C1=NOC2(CCN(Cc3cccc4ccccc34)CC2)C1. The van der Waals surface area contributed by atoms with Gasteiger partial charge in [0, 0.05) is 38.9 Å². The number of hydrogen-bond acceptors (Lipinski definition) is 3. The summed E-state index contributed by atoms with van der Waals surface area (Å²) < 4.78 is 0. The smallest absolute Gasteiger partial charge is 0.145 e. The quantitative estimate of drug-likeness (QED) is 0.824. The molecule has 0 aromatic heterocycles. The van der Waals surface area contributed by atoms with Crippen molar-refractivity contribution in [3.05, 3.63) is 48.0 Å². The highest BCUT2D eigenvalue weighted by Gasteiger charge is 2.42. The molecule has 2 aromatic carbocycles. The van der Waals surface area contributed by atoms with Gasteiger partial charge in [0.2, 0.25) is 0 Å². The Morgan fingerprint density at radius 3 is 2.58 bits per heavy atom. The van der Waals surface area contributed by atoms with E-state index in [4.69, 9.17) is 4.84 Å². The van der Waals surface area contributed by atoms with Crippen LogP contribution in [0.1, 0.15) is 38.7 Å². The molecule has 4 rings (SSSR count). The third-order valence-corrected chi connectivity index (χ3v) is 5.57. The zero-order chi connectivity index (χ0) is 16.6. The highest BCUT2D eigenvalue weighted by Crippen LogP contribution is 2.36. The summed E-state index contributed by atoms with van der Waals surface area (Å²) in [5.41, 5.74) is 2.64. The van der Waals surface area contributed by atoms with Crippen LogP contribution in [0.3, 0.4) is 0 Å².